The number of aliphatic hydroxyl groups is 2. The first-order valence-electron chi connectivity index (χ1n) is 32.2. The Morgan fingerprint density at radius 3 is 1.08 bits per heavy atom. The van der Waals surface area contributed by atoms with Crippen molar-refractivity contribution in [3.05, 3.63) is 36.5 Å². The first kappa shape index (κ1) is 70.1. The predicted octanol–water partition coefficient (Wildman–Crippen LogP) is 20.4. The fraction of sp³-hybridized carbons (Fsp3) is 0.879. The molecule has 0 aromatic carbocycles. The highest BCUT2D eigenvalue weighted by Gasteiger charge is 2.20. The third kappa shape index (κ3) is 57.4. The first-order chi connectivity index (χ1) is 35.5. The molecule has 0 fully saturated rings. The molecule has 1 amide bonds. The number of esters is 1. The van der Waals surface area contributed by atoms with Crippen molar-refractivity contribution in [2.75, 3.05) is 13.2 Å². The zero-order valence-corrected chi connectivity index (χ0v) is 48.4. The van der Waals surface area contributed by atoms with Crippen LogP contribution in [-0.4, -0.2) is 47.4 Å². The molecule has 6 nitrogen and oxygen atoms in total. The Hall–Kier alpha value is -1.92. The highest BCUT2D eigenvalue weighted by atomic mass is 16.5. The van der Waals surface area contributed by atoms with Crippen LogP contribution in [0, 0.1) is 0 Å². The third-order valence-corrected chi connectivity index (χ3v) is 14.9. The van der Waals surface area contributed by atoms with Crippen molar-refractivity contribution in [1.29, 1.82) is 0 Å². The van der Waals surface area contributed by atoms with Crippen molar-refractivity contribution in [1.82, 2.24) is 5.32 Å². The maximum absolute atomic E-state index is 12.5. The van der Waals surface area contributed by atoms with Gasteiger partial charge in [0.25, 0.3) is 0 Å². The molecule has 0 bridgehead atoms. The number of rotatable bonds is 60. The molecule has 0 aliphatic carbocycles. The minimum atomic E-state index is -0.665. The van der Waals surface area contributed by atoms with E-state index in [0.29, 0.717) is 25.9 Å². The van der Waals surface area contributed by atoms with E-state index in [1.54, 1.807) is 0 Å². The summed E-state index contributed by atoms with van der Waals surface area (Å²) < 4.78 is 5.49. The van der Waals surface area contributed by atoms with E-state index in [2.05, 4.69) is 55.6 Å². The molecule has 0 radical (unpaired) electrons. The van der Waals surface area contributed by atoms with Crippen molar-refractivity contribution in [2.24, 2.45) is 0 Å². The van der Waals surface area contributed by atoms with Gasteiger partial charge in [0.05, 0.1) is 25.4 Å². The van der Waals surface area contributed by atoms with Crippen LogP contribution in [0.15, 0.2) is 36.5 Å². The second-order valence-corrected chi connectivity index (χ2v) is 22.1. The fourth-order valence-electron chi connectivity index (χ4n) is 9.96. The van der Waals surface area contributed by atoms with Crippen molar-refractivity contribution in [3.63, 3.8) is 0 Å². The van der Waals surface area contributed by atoms with Gasteiger partial charge in [-0.1, -0.05) is 288 Å². The van der Waals surface area contributed by atoms with Crippen molar-refractivity contribution < 1.29 is 24.5 Å². The van der Waals surface area contributed by atoms with E-state index in [-0.39, 0.29) is 18.5 Å². The van der Waals surface area contributed by atoms with Crippen LogP contribution in [-0.2, 0) is 14.3 Å². The molecule has 0 aromatic rings. The van der Waals surface area contributed by atoms with Gasteiger partial charge < -0.3 is 20.3 Å². The van der Waals surface area contributed by atoms with Crippen LogP contribution in [0.3, 0.4) is 0 Å². The van der Waals surface area contributed by atoms with Gasteiger partial charge in [0.15, 0.2) is 0 Å². The molecular weight excluding hydrogens is 887 g/mol. The number of allylic oxidation sites excluding steroid dienone is 6. The number of unbranched alkanes of at least 4 members (excludes halogenated alkanes) is 43. The van der Waals surface area contributed by atoms with Gasteiger partial charge in [-0.3, -0.25) is 9.59 Å². The van der Waals surface area contributed by atoms with E-state index in [0.717, 1.165) is 51.4 Å². The lowest BCUT2D eigenvalue weighted by Crippen LogP contribution is -2.45. The lowest BCUT2D eigenvalue weighted by molar-refractivity contribution is -0.143. The summed E-state index contributed by atoms with van der Waals surface area (Å²) in [6.45, 7) is 4.94. The molecule has 0 saturated heterocycles. The number of aliphatic hydroxyl groups excluding tert-OH is 2. The summed E-state index contributed by atoms with van der Waals surface area (Å²) in [6, 6.07) is -0.543. The fourth-order valence-corrected chi connectivity index (χ4v) is 9.96. The lowest BCUT2D eigenvalue weighted by Gasteiger charge is -2.22. The molecular formula is C66H125NO5. The van der Waals surface area contributed by atoms with E-state index in [1.807, 2.05) is 0 Å². The van der Waals surface area contributed by atoms with Crippen LogP contribution >= 0.6 is 0 Å². The maximum Gasteiger partial charge on any atom is 0.305 e. The summed E-state index contributed by atoms with van der Waals surface area (Å²) in [4.78, 5) is 24.5. The second kappa shape index (κ2) is 61.6. The SMILES string of the molecule is CCCCCC/C=C\C/C=C\CCCCCCCCCC(=O)OCCCCCCCCCCCCCC/C=C\CCCCCCCCCCCC(=O)NC(CO)C(O)CCCCCCCCCCCCCC. The Balaban J connectivity index is 3.38. The Morgan fingerprint density at radius 1 is 0.389 bits per heavy atom. The molecule has 0 aliphatic rings. The molecule has 6 heteroatoms. The molecule has 2 unspecified atom stereocenters. The number of ether oxygens (including phenoxy) is 1. The monoisotopic (exact) mass is 1010 g/mol. The van der Waals surface area contributed by atoms with E-state index < -0.39 is 12.1 Å². The molecule has 2 atom stereocenters. The van der Waals surface area contributed by atoms with Crippen molar-refractivity contribution >= 4 is 11.9 Å². The Bertz CT molecular complexity index is 1170. The quantitative estimate of drug-likeness (QED) is 0.0320. The minimum Gasteiger partial charge on any atom is -0.466 e. The smallest absolute Gasteiger partial charge is 0.305 e. The molecule has 0 aliphatic heterocycles. The number of amides is 1. The second-order valence-electron chi connectivity index (χ2n) is 22.1. The average molecular weight is 1010 g/mol. The molecule has 0 aromatic heterocycles. The highest BCUT2D eigenvalue weighted by molar-refractivity contribution is 5.76. The summed E-state index contributed by atoms with van der Waals surface area (Å²) in [5, 5.41) is 23.2. The Morgan fingerprint density at radius 2 is 0.694 bits per heavy atom. The Kier molecular flexibility index (Phi) is 60.0. The molecule has 0 spiro atoms. The molecule has 0 rings (SSSR count). The first-order valence-corrected chi connectivity index (χ1v) is 32.2. The summed E-state index contributed by atoms with van der Waals surface area (Å²) in [5.74, 6) is -0.0316. The van der Waals surface area contributed by atoms with E-state index in [1.165, 1.54) is 263 Å². The summed E-state index contributed by atoms with van der Waals surface area (Å²) in [6.07, 6.45) is 77.4. The lowest BCUT2D eigenvalue weighted by atomic mass is 10.0. The number of hydrogen-bond acceptors (Lipinski definition) is 5. The van der Waals surface area contributed by atoms with Crippen molar-refractivity contribution in [2.45, 2.75) is 360 Å². The van der Waals surface area contributed by atoms with E-state index >= 15 is 0 Å². The zero-order chi connectivity index (χ0) is 52.2. The number of carbonyl (C=O) groups is 2. The summed E-state index contributed by atoms with van der Waals surface area (Å²) in [7, 11) is 0. The molecule has 3 N–H and O–H groups in total. The molecule has 0 heterocycles. The Labute approximate surface area is 449 Å². The molecule has 0 saturated carbocycles. The average Bonchev–Trinajstić information content (AvgIpc) is 3.38. The van der Waals surface area contributed by atoms with Gasteiger partial charge in [-0.25, -0.2) is 0 Å². The zero-order valence-electron chi connectivity index (χ0n) is 48.4. The molecule has 72 heavy (non-hydrogen) atoms. The standard InChI is InChI=1S/C66H125NO5/c1-3-5-7-9-11-13-15-17-18-19-30-33-36-40-44-48-52-56-60-66(71)72-61-57-53-49-45-41-37-34-31-28-26-24-22-20-21-23-25-27-29-32-35-39-43-47-51-55-59-65(70)67-63(62-68)64(69)58-54-50-46-42-38-16-14-12-10-8-6-4-2/h13,15,18-19,21,23,63-64,68-69H,3-12,14,16-17,20,22,24-62H2,1-2H3,(H,67,70)/b15-13-,19-18-,23-21-. The summed E-state index contributed by atoms with van der Waals surface area (Å²) in [5.41, 5.74) is 0. The van der Waals surface area contributed by atoms with Crippen molar-refractivity contribution in [3.8, 4) is 0 Å². The number of nitrogens with one attached hydrogen (secondary N) is 1. The topological polar surface area (TPSA) is 95.9 Å². The van der Waals surface area contributed by atoms with Gasteiger partial charge in [-0.2, -0.15) is 0 Å². The number of hydrogen-bond donors (Lipinski definition) is 3. The normalized spacial score (nSPS) is 12.8. The third-order valence-electron chi connectivity index (χ3n) is 14.9. The van der Waals surface area contributed by atoms with Gasteiger partial charge in [-0.15, -0.1) is 0 Å². The minimum absolute atomic E-state index is 0.00624. The van der Waals surface area contributed by atoms with Gasteiger partial charge >= 0.3 is 5.97 Å². The van der Waals surface area contributed by atoms with E-state index in [4.69, 9.17) is 4.74 Å². The van der Waals surface area contributed by atoms with Crippen LogP contribution in [0.25, 0.3) is 0 Å². The van der Waals surface area contributed by atoms with Crippen LogP contribution in [0.1, 0.15) is 348 Å². The number of carbonyl (C=O) groups excluding carboxylic acids is 2. The van der Waals surface area contributed by atoms with Gasteiger partial charge in [0, 0.05) is 12.8 Å². The highest BCUT2D eigenvalue weighted by Crippen LogP contribution is 2.17. The van der Waals surface area contributed by atoms with Gasteiger partial charge in [0.1, 0.15) is 0 Å². The van der Waals surface area contributed by atoms with Crippen LogP contribution < -0.4 is 5.32 Å². The van der Waals surface area contributed by atoms with Gasteiger partial charge in [0.2, 0.25) is 5.91 Å². The largest absolute Gasteiger partial charge is 0.466 e. The molecule has 424 valence electrons. The van der Waals surface area contributed by atoms with Crippen LogP contribution in [0.5, 0.6) is 0 Å². The van der Waals surface area contributed by atoms with E-state index in [9.17, 15) is 19.8 Å². The predicted molar refractivity (Wildman–Crippen MR) is 315 cm³/mol. The van der Waals surface area contributed by atoms with Crippen LogP contribution in [0.4, 0.5) is 0 Å². The summed E-state index contributed by atoms with van der Waals surface area (Å²) >= 11 is 0. The van der Waals surface area contributed by atoms with Crippen LogP contribution in [0.2, 0.25) is 0 Å². The van der Waals surface area contributed by atoms with Gasteiger partial charge in [-0.05, 0) is 83.5 Å². The maximum atomic E-state index is 12.5.